The zero-order chi connectivity index (χ0) is 15.7. The average Bonchev–Trinajstić information content (AvgIpc) is 2.92. The van der Waals surface area contributed by atoms with Gasteiger partial charge in [0.15, 0.2) is 11.5 Å². The van der Waals surface area contributed by atoms with Crippen molar-refractivity contribution in [3.8, 4) is 0 Å². The number of aromatic nitrogens is 1. The molecule has 0 atom stereocenters. The quantitative estimate of drug-likeness (QED) is 0.801. The number of hydrogen-bond donors (Lipinski definition) is 0. The maximum Gasteiger partial charge on any atom is 0.409 e. The number of benzene rings is 1. The number of hydrogen-bond acceptors (Lipinski definition) is 5. The van der Waals surface area contributed by atoms with E-state index in [0.29, 0.717) is 43.2 Å². The largest absolute Gasteiger partial charge is 0.453 e. The normalized spacial score (nSPS) is 15.2. The number of carbonyl (C=O) groups excluding carboxylic acids is 2. The Kier molecular flexibility index (Phi) is 3.70. The summed E-state index contributed by atoms with van der Waals surface area (Å²) in [6.45, 7) is 3.69. The monoisotopic (exact) mass is 303 g/mol. The highest BCUT2D eigenvalue weighted by molar-refractivity contribution is 5.97. The number of nitrogens with zero attached hydrogens (tertiary/aromatic N) is 3. The van der Waals surface area contributed by atoms with Crippen molar-refractivity contribution in [1.29, 1.82) is 0 Å². The van der Waals surface area contributed by atoms with Gasteiger partial charge in [0.05, 0.1) is 7.11 Å². The van der Waals surface area contributed by atoms with E-state index < -0.39 is 0 Å². The van der Waals surface area contributed by atoms with Crippen LogP contribution in [0, 0.1) is 6.92 Å². The van der Waals surface area contributed by atoms with Crippen molar-refractivity contribution < 1.29 is 18.7 Å². The second kappa shape index (κ2) is 5.67. The highest BCUT2D eigenvalue weighted by Gasteiger charge is 2.25. The molecule has 1 aromatic carbocycles. The highest BCUT2D eigenvalue weighted by atomic mass is 16.5. The van der Waals surface area contributed by atoms with Crippen molar-refractivity contribution in [3.63, 3.8) is 0 Å². The topological polar surface area (TPSA) is 75.9 Å². The Labute approximate surface area is 127 Å². The van der Waals surface area contributed by atoms with Gasteiger partial charge in [0.2, 0.25) is 0 Å². The van der Waals surface area contributed by atoms with Gasteiger partial charge in [-0.25, -0.2) is 9.78 Å². The fourth-order valence-corrected chi connectivity index (χ4v) is 2.58. The first-order valence-corrected chi connectivity index (χ1v) is 7.08. The van der Waals surface area contributed by atoms with Gasteiger partial charge >= 0.3 is 6.09 Å². The Morgan fingerprint density at radius 3 is 2.55 bits per heavy atom. The van der Waals surface area contributed by atoms with Gasteiger partial charge in [-0.3, -0.25) is 4.79 Å². The van der Waals surface area contributed by atoms with Gasteiger partial charge in [0.25, 0.3) is 5.91 Å². The van der Waals surface area contributed by atoms with Crippen LogP contribution in [0.4, 0.5) is 4.79 Å². The molecule has 2 amide bonds. The maximum absolute atomic E-state index is 12.5. The molecule has 0 bridgehead atoms. The molecule has 1 aromatic heterocycles. The molecule has 0 radical (unpaired) electrons. The molecule has 2 heterocycles. The highest BCUT2D eigenvalue weighted by Crippen LogP contribution is 2.18. The predicted molar refractivity (Wildman–Crippen MR) is 78.6 cm³/mol. The number of rotatable bonds is 1. The minimum Gasteiger partial charge on any atom is -0.453 e. The van der Waals surface area contributed by atoms with Crippen LogP contribution in [0.1, 0.15) is 16.2 Å². The molecular formula is C15H17N3O4. The fourth-order valence-electron chi connectivity index (χ4n) is 2.58. The number of oxazole rings is 1. The number of piperazine rings is 1. The summed E-state index contributed by atoms with van der Waals surface area (Å²) >= 11 is 0. The smallest absolute Gasteiger partial charge is 0.409 e. The summed E-state index contributed by atoms with van der Waals surface area (Å²) in [5, 5.41) is 0. The molecule has 0 spiro atoms. The molecule has 1 aliphatic rings. The zero-order valence-electron chi connectivity index (χ0n) is 12.5. The molecule has 2 aromatic rings. The summed E-state index contributed by atoms with van der Waals surface area (Å²) in [5.41, 5.74) is 1.91. The average molecular weight is 303 g/mol. The van der Waals surface area contributed by atoms with Gasteiger partial charge < -0.3 is 19.0 Å². The molecule has 7 nitrogen and oxygen atoms in total. The summed E-state index contributed by atoms with van der Waals surface area (Å²) < 4.78 is 10.1. The third-order valence-corrected chi connectivity index (χ3v) is 3.74. The molecule has 0 N–H and O–H groups in total. The van der Waals surface area contributed by atoms with Crippen LogP contribution in [0.5, 0.6) is 0 Å². The van der Waals surface area contributed by atoms with Crippen LogP contribution in [-0.4, -0.2) is 60.1 Å². The molecule has 1 aliphatic heterocycles. The molecule has 0 saturated carbocycles. The lowest BCUT2D eigenvalue weighted by Gasteiger charge is -2.33. The molecule has 1 fully saturated rings. The lowest BCUT2D eigenvalue weighted by atomic mass is 10.1. The van der Waals surface area contributed by atoms with E-state index in [1.807, 2.05) is 0 Å². The maximum atomic E-state index is 12.5. The Morgan fingerprint density at radius 1 is 1.18 bits per heavy atom. The van der Waals surface area contributed by atoms with E-state index in [0.717, 1.165) is 5.52 Å². The fraction of sp³-hybridized carbons (Fsp3) is 0.400. The molecule has 1 saturated heterocycles. The number of methoxy groups -OCH3 is 1. The van der Waals surface area contributed by atoms with Crippen LogP contribution in [-0.2, 0) is 4.74 Å². The number of fused-ring (bicyclic) bond motifs is 1. The van der Waals surface area contributed by atoms with Crippen molar-refractivity contribution in [2.75, 3.05) is 33.3 Å². The van der Waals surface area contributed by atoms with Gasteiger partial charge in [-0.1, -0.05) is 0 Å². The van der Waals surface area contributed by atoms with Gasteiger partial charge in [0, 0.05) is 38.7 Å². The number of ether oxygens (including phenoxy) is 1. The first-order chi connectivity index (χ1) is 10.6. The van der Waals surface area contributed by atoms with Crippen LogP contribution in [0.3, 0.4) is 0 Å². The summed E-state index contributed by atoms with van der Waals surface area (Å²) in [6.07, 6.45) is -0.356. The lowest BCUT2D eigenvalue weighted by molar-refractivity contribution is 0.0600. The summed E-state index contributed by atoms with van der Waals surface area (Å²) in [7, 11) is 1.36. The van der Waals surface area contributed by atoms with Crippen LogP contribution in [0.2, 0.25) is 0 Å². The van der Waals surface area contributed by atoms with Gasteiger partial charge in [0.1, 0.15) is 5.52 Å². The molecule has 22 heavy (non-hydrogen) atoms. The second-order valence-electron chi connectivity index (χ2n) is 5.16. The first kappa shape index (κ1) is 14.4. The van der Waals surface area contributed by atoms with Gasteiger partial charge in [-0.15, -0.1) is 0 Å². The zero-order valence-corrected chi connectivity index (χ0v) is 12.5. The van der Waals surface area contributed by atoms with E-state index in [-0.39, 0.29) is 12.0 Å². The van der Waals surface area contributed by atoms with Crippen LogP contribution in [0.15, 0.2) is 22.6 Å². The van der Waals surface area contributed by atoms with Crippen molar-refractivity contribution in [2.24, 2.45) is 0 Å². The van der Waals surface area contributed by atoms with Crippen LogP contribution >= 0.6 is 0 Å². The Bertz CT molecular complexity index is 717. The number of aryl methyl sites for hydroxylation is 1. The van der Waals surface area contributed by atoms with E-state index in [1.165, 1.54) is 7.11 Å². The Balaban J connectivity index is 1.72. The van der Waals surface area contributed by atoms with Gasteiger partial charge in [-0.2, -0.15) is 0 Å². The SMILES string of the molecule is COC(=O)N1CCN(C(=O)c2ccc3nc(C)oc3c2)CC1. The van der Waals surface area contributed by atoms with E-state index in [9.17, 15) is 9.59 Å². The molecule has 0 unspecified atom stereocenters. The van der Waals surface area contributed by atoms with Gasteiger partial charge in [-0.05, 0) is 18.2 Å². The third-order valence-electron chi connectivity index (χ3n) is 3.74. The predicted octanol–water partition coefficient (Wildman–Crippen LogP) is 1.66. The third kappa shape index (κ3) is 2.61. The van der Waals surface area contributed by atoms with Crippen molar-refractivity contribution in [3.05, 3.63) is 29.7 Å². The van der Waals surface area contributed by atoms with Crippen LogP contribution in [0.25, 0.3) is 11.1 Å². The number of amides is 2. The molecular weight excluding hydrogens is 286 g/mol. The Hall–Kier alpha value is -2.57. The summed E-state index contributed by atoms with van der Waals surface area (Å²) in [5.74, 6) is 0.506. The minimum absolute atomic E-state index is 0.0690. The summed E-state index contributed by atoms with van der Waals surface area (Å²) in [4.78, 5) is 31.5. The minimum atomic E-state index is -0.356. The van der Waals surface area contributed by atoms with E-state index in [2.05, 4.69) is 9.72 Å². The molecule has 116 valence electrons. The number of carbonyl (C=O) groups is 2. The van der Waals surface area contributed by atoms with Crippen molar-refractivity contribution in [1.82, 2.24) is 14.8 Å². The second-order valence-corrected chi connectivity index (χ2v) is 5.16. The van der Waals surface area contributed by atoms with E-state index >= 15 is 0 Å². The molecule has 0 aliphatic carbocycles. The van der Waals surface area contributed by atoms with Crippen molar-refractivity contribution in [2.45, 2.75) is 6.92 Å². The standard InChI is InChI=1S/C15H17N3O4/c1-10-16-12-4-3-11(9-13(12)22-10)14(19)17-5-7-18(8-6-17)15(20)21-2/h3-4,9H,5-8H2,1-2H3. The Morgan fingerprint density at radius 2 is 1.86 bits per heavy atom. The van der Waals surface area contributed by atoms with E-state index in [4.69, 9.17) is 4.42 Å². The summed E-state index contributed by atoms with van der Waals surface area (Å²) in [6, 6.07) is 5.24. The lowest BCUT2D eigenvalue weighted by Crippen LogP contribution is -2.50. The van der Waals surface area contributed by atoms with E-state index in [1.54, 1.807) is 34.9 Å². The van der Waals surface area contributed by atoms with Crippen molar-refractivity contribution >= 4 is 23.1 Å². The molecule has 3 rings (SSSR count). The molecule has 7 heteroatoms. The first-order valence-electron chi connectivity index (χ1n) is 7.08. The van der Waals surface area contributed by atoms with Crippen LogP contribution < -0.4 is 0 Å².